The molecule has 0 unspecified atom stereocenters. The molecule has 0 bridgehead atoms. The highest BCUT2D eigenvalue weighted by atomic mass is 16.4. The fraction of sp³-hybridized carbons (Fsp3) is 0.857. The number of oxime groups is 1. The first kappa shape index (κ1) is 8.17. The lowest BCUT2D eigenvalue weighted by Crippen LogP contribution is -2.46. The van der Waals surface area contributed by atoms with E-state index >= 15 is 0 Å². The van der Waals surface area contributed by atoms with E-state index in [0.29, 0.717) is 6.04 Å². The van der Waals surface area contributed by atoms with Crippen LogP contribution in [0.1, 0.15) is 26.2 Å². The van der Waals surface area contributed by atoms with Crippen molar-refractivity contribution < 1.29 is 5.21 Å². The van der Waals surface area contributed by atoms with Crippen molar-refractivity contribution in [1.29, 1.82) is 0 Å². The molecule has 1 atom stereocenters. The molecule has 0 spiro atoms. The summed E-state index contributed by atoms with van der Waals surface area (Å²) >= 11 is 0. The largest absolute Gasteiger partial charge is 0.408 e. The molecule has 0 aromatic rings. The predicted octanol–water partition coefficient (Wildman–Crippen LogP) is 0.565. The molecule has 0 radical (unpaired) electrons. The van der Waals surface area contributed by atoms with Gasteiger partial charge in [-0.25, -0.2) is 0 Å². The van der Waals surface area contributed by atoms with Crippen molar-refractivity contribution in [2.45, 2.75) is 32.2 Å². The number of hydrogen-bond donors (Lipinski definition) is 2. The van der Waals surface area contributed by atoms with Crippen LogP contribution in [0.3, 0.4) is 0 Å². The predicted molar refractivity (Wildman–Crippen MR) is 43.4 cm³/mol. The van der Waals surface area contributed by atoms with Gasteiger partial charge in [0, 0.05) is 12.6 Å². The third-order valence-corrected chi connectivity index (χ3v) is 2.20. The second-order valence-corrected chi connectivity index (χ2v) is 3.00. The summed E-state index contributed by atoms with van der Waals surface area (Å²) < 4.78 is 0. The Balaban J connectivity index is 2.54. The minimum atomic E-state index is 0.247. The van der Waals surface area contributed by atoms with E-state index in [2.05, 4.69) is 12.1 Å². The van der Waals surface area contributed by atoms with Crippen LogP contribution in [0.2, 0.25) is 0 Å². The Morgan fingerprint density at radius 2 is 2.36 bits per heavy atom. The molecule has 3 N–H and O–H groups in total. The van der Waals surface area contributed by atoms with Crippen LogP contribution in [0.5, 0.6) is 0 Å². The molecular formula is C7H15N3O. The Bertz CT molecular complexity index is 158. The van der Waals surface area contributed by atoms with Gasteiger partial charge in [-0.05, 0) is 26.2 Å². The van der Waals surface area contributed by atoms with Crippen LogP contribution in [0.25, 0.3) is 0 Å². The van der Waals surface area contributed by atoms with Gasteiger partial charge in [-0.15, -0.1) is 0 Å². The van der Waals surface area contributed by atoms with E-state index in [1.165, 1.54) is 6.42 Å². The fourth-order valence-corrected chi connectivity index (χ4v) is 1.50. The van der Waals surface area contributed by atoms with Crippen molar-refractivity contribution in [3.05, 3.63) is 0 Å². The zero-order valence-corrected chi connectivity index (χ0v) is 6.82. The number of piperidine rings is 1. The molecular weight excluding hydrogens is 142 g/mol. The van der Waals surface area contributed by atoms with Gasteiger partial charge >= 0.3 is 0 Å². The Kier molecular flexibility index (Phi) is 2.57. The first-order chi connectivity index (χ1) is 5.25. The third kappa shape index (κ3) is 1.76. The Morgan fingerprint density at radius 1 is 1.64 bits per heavy atom. The molecule has 0 aliphatic carbocycles. The lowest BCUT2D eigenvalue weighted by molar-refractivity contribution is 0.235. The SMILES string of the molecule is C[C@@H]1CCCCN1/C(N)=N\O. The number of nitrogens with zero attached hydrogens (tertiary/aromatic N) is 2. The molecule has 4 heteroatoms. The second-order valence-electron chi connectivity index (χ2n) is 3.00. The highest BCUT2D eigenvalue weighted by molar-refractivity contribution is 5.77. The molecule has 1 saturated heterocycles. The maximum atomic E-state index is 8.43. The van der Waals surface area contributed by atoms with Gasteiger partial charge in [0.15, 0.2) is 0 Å². The van der Waals surface area contributed by atoms with E-state index in [4.69, 9.17) is 10.9 Å². The molecule has 1 aliphatic rings. The Hall–Kier alpha value is -0.930. The maximum Gasteiger partial charge on any atom is 0.233 e. The van der Waals surface area contributed by atoms with Crippen LogP contribution in [-0.2, 0) is 0 Å². The highest BCUT2D eigenvalue weighted by Crippen LogP contribution is 2.15. The van der Waals surface area contributed by atoms with Crippen LogP contribution in [0.4, 0.5) is 0 Å². The van der Waals surface area contributed by atoms with Crippen molar-refractivity contribution in [2.24, 2.45) is 10.9 Å². The van der Waals surface area contributed by atoms with Gasteiger partial charge in [0.1, 0.15) is 0 Å². The van der Waals surface area contributed by atoms with E-state index in [9.17, 15) is 0 Å². The molecule has 64 valence electrons. The normalized spacial score (nSPS) is 27.2. The summed E-state index contributed by atoms with van der Waals surface area (Å²) in [7, 11) is 0. The van der Waals surface area contributed by atoms with Crippen molar-refractivity contribution in [3.63, 3.8) is 0 Å². The van der Waals surface area contributed by atoms with Crippen molar-refractivity contribution >= 4 is 5.96 Å². The number of hydrogen-bond acceptors (Lipinski definition) is 2. The molecule has 1 rings (SSSR count). The van der Waals surface area contributed by atoms with Gasteiger partial charge in [0.2, 0.25) is 5.96 Å². The van der Waals surface area contributed by atoms with Crippen LogP contribution in [0, 0.1) is 0 Å². The Labute approximate surface area is 66.7 Å². The van der Waals surface area contributed by atoms with E-state index < -0.39 is 0 Å². The molecule has 0 aromatic heterocycles. The second kappa shape index (κ2) is 3.46. The quantitative estimate of drug-likeness (QED) is 0.234. The summed E-state index contributed by atoms with van der Waals surface area (Å²) in [5.74, 6) is 0.247. The van der Waals surface area contributed by atoms with Crippen LogP contribution in [0.15, 0.2) is 5.16 Å². The average Bonchev–Trinajstić information content (AvgIpc) is 2.04. The molecule has 1 fully saturated rings. The standard InChI is InChI=1S/C7H15N3O/c1-6-4-2-3-5-10(6)7(8)9-11/h6,11H,2-5H2,1H3,(H2,8,9)/t6-/m1/s1. The van der Waals surface area contributed by atoms with E-state index in [0.717, 1.165) is 19.4 Å². The lowest BCUT2D eigenvalue weighted by atomic mass is 10.0. The van der Waals surface area contributed by atoms with Gasteiger partial charge in [0.05, 0.1) is 0 Å². The Morgan fingerprint density at radius 3 is 2.91 bits per heavy atom. The number of likely N-dealkylation sites (tertiary alicyclic amines) is 1. The molecule has 11 heavy (non-hydrogen) atoms. The molecule has 0 amide bonds. The summed E-state index contributed by atoms with van der Waals surface area (Å²) in [5, 5.41) is 11.4. The minimum absolute atomic E-state index is 0.247. The summed E-state index contributed by atoms with van der Waals surface area (Å²) in [6.07, 6.45) is 3.52. The molecule has 0 aromatic carbocycles. The first-order valence-corrected chi connectivity index (χ1v) is 4.00. The van der Waals surface area contributed by atoms with Crippen LogP contribution < -0.4 is 5.73 Å². The molecule has 1 aliphatic heterocycles. The lowest BCUT2D eigenvalue weighted by Gasteiger charge is -2.33. The third-order valence-electron chi connectivity index (χ3n) is 2.20. The van der Waals surface area contributed by atoms with E-state index in [1.54, 1.807) is 0 Å². The van der Waals surface area contributed by atoms with Gasteiger partial charge in [-0.2, -0.15) is 0 Å². The van der Waals surface area contributed by atoms with E-state index in [-0.39, 0.29) is 5.96 Å². The average molecular weight is 157 g/mol. The van der Waals surface area contributed by atoms with Crippen molar-refractivity contribution in [1.82, 2.24) is 4.90 Å². The van der Waals surface area contributed by atoms with Gasteiger partial charge < -0.3 is 15.8 Å². The van der Waals surface area contributed by atoms with Gasteiger partial charge in [0.25, 0.3) is 0 Å². The van der Waals surface area contributed by atoms with E-state index in [1.807, 2.05) is 4.90 Å². The number of rotatable bonds is 0. The zero-order valence-electron chi connectivity index (χ0n) is 6.82. The summed E-state index contributed by atoms with van der Waals surface area (Å²) in [6, 6.07) is 0.416. The molecule has 4 nitrogen and oxygen atoms in total. The van der Waals surface area contributed by atoms with Gasteiger partial charge in [-0.3, -0.25) is 0 Å². The number of nitrogens with two attached hydrogens (primary N) is 1. The summed E-state index contributed by atoms with van der Waals surface area (Å²) in [6.45, 7) is 3.01. The monoisotopic (exact) mass is 157 g/mol. The smallest absolute Gasteiger partial charge is 0.233 e. The minimum Gasteiger partial charge on any atom is -0.408 e. The van der Waals surface area contributed by atoms with Crippen LogP contribution >= 0.6 is 0 Å². The van der Waals surface area contributed by atoms with Crippen molar-refractivity contribution in [2.75, 3.05) is 6.54 Å². The molecule has 1 heterocycles. The topological polar surface area (TPSA) is 61.8 Å². The van der Waals surface area contributed by atoms with Crippen molar-refractivity contribution in [3.8, 4) is 0 Å². The summed E-state index contributed by atoms with van der Waals surface area (Å²) in [5.41, 5.74) is 5.46. The molecule has 0 saturated carbocycles. The number of guanidine groups is 1. The fourth-order valence-electron chi connectivity index (χ4n) is 1.50. The van der Waals surface area contributed by atoms with Crippen LogP contribution in [-0.4, -0.2) is 28.7 Å². The highest BCUT2D eigenvalue weighted by Gasteiger charge is 2.19. The summed E-state index contributed by atoms with van der Waals surface area (Å²) in [4.78, 5) is 1.93. The first-order valence-electron chi connectivity index (χ1n) is 4.00. The van der Waals surface area contributed by atoms with Gasteiger partial charge in [-0.1, -0.05) is 5.16 Å². The maximum absolute atomic E-state index is 8.43. The zero-order chi connectivity index (χ0) is 8.27.